The van der Waals surface area contributed by atoms with Crippen LogP contribution in [0.1, 0.15) is 25.7 Å². The largest absolute Gasteiger partial charge is 0.480 e. The number of hydrogen-bond acceptors (Lipinski definition) is 4. The maximum absolute atomic E-state index is 12.2. The van der Waals surface area contributed by atoms with Crippen molar-refractivity contribution in [3.8, 4) is 0 Å². The van der Waals surface area contributed by atoms with E-state index in [1.54, 1.807) is 0 Å². The van der Waals surface area contributed by atoms with Crippen molar-refractivity contribution in [1.29, 1.82) is 0 Å². The fourth-order valence-electron chi connectivity index (χ4n) is 2.84. The van der Waals surface area contributed by atoms with Gasteiger partial charge >= 0.3 is 5.97 Å². The SMILES string of the molecule is O=C(O)CN1CCCN(C(=O)CC2CCCN2)CC1. The third-order valence-corrected chi connectivity index (χ3v) is 3.88. The van der Waals surface area contributed by atoms with Gasteiger partial charge in [0.2, 0.25) is 5.91 Å². The third kappa shape index (κ3) is 4.47. The van der Waals surface area contributed by atoms with Crippen molar-refractivity contribution >= 4 is 11.9 Å². The van der Waals surface area contributed by atoms with Gasteiger partial charge in [0.25, 0.3) is 0 Å². The molecule has 0 saturated carbocycles. The first kappa shape index (κ1) is 14.3. The van der Waals surface area contributed by atoms with Crippen LogP contribution < -0.4 is 5.32 Å². The standard InChI is InChI=1S/C13H23N3O3/c17-12(9-11-3-1-4-14-11)16-6-2-5-15(7-8-16)10-13(18)19/h11,14H,1-10H2,(H,18,19). The van der Waals surface area contributed by atoms with Crippen molar-refractivity contribution in [2.75, 3.05) is 39.3 Å². The number of carboxylic acids is 1. The molecule has 6 heteroatoms. The van der Waals surface area contributed by atoms with E-state index in [2.05, 4.69) is 5.32 Å². The number of carboxylic acid groups (broad SMARTS) is 1. The first-order valence-corrected chi connectivity index (χ1v) is 7.10. The van der Waals surface area contributed by atoms with Crippen LogP contribution in [0, 0.1) is 0 Å². The van der Waals surface area contributed by atoms with Crippen molar-refractivity contribution in [3.05, 3.63) is 0 Å². The Morgan fingerprint density at radius 1 is 1.16 bits per heavy atom. The maximum Gasteiger partial charge on any atom is 0.317 e. The zero-order valence-electron chi connectivity index (χ0n) is 11.3. The van der Waals surface area contributed by atoms with Crippen LogP contribution in [0.3, 0.4) is 0 Å². The molecule has 0 bridgehead atoms. The monoisotopic (exact) mass is 269 g/mol. The Bertz CT molecular complexity index is 329. The minimum atomic E-state index is -0.796. The summed E-state index contributed by atoms with van der Waals surface area (Å²) >= 11 is 0. The van der Waals surface area contributed by atoms with Crippen LogP contribution in [-0.4, -0.2) is 72.1 Å². The summed E-state index contributed by atoms with van der Waals surface area (Å²) in [6.45, 7) is 3.92. The van der Waals surface area contributed by atoms with E-state index in [1.165, 1.54) is 0 Å². The fraction of sp³-hybridized carbons (Fsp3) is 0.846. The summed E-state index contributed by atoms with van der Waals surface area (Å²) in [5.41, 5.74) is 0. The minimum absolute atomic E-state index is 0.0756. The molecule has 6 nitrogen and oxygen atoms in total. The lowest BCUT2D eigenvalue weighted by Gasteiger charge is -2.22. The highest BCUT2D eigenvalue weighted by molar-refractivity contribution is 5.77. The van der Waals surface area contributed by atoms with Crippen LogP contribution in [-0.2, 0) is 9.59 Å². The predicted molar refractivity (Wildman–Crippen MR) is 70.9 cm³/mol. The smallest absolute Gasteiger partial charge is 0.317 e. The molecular formula is C13H23N3O3. The second-order valence-corrected chi connectivity index (χ2v) is 5.40. The van der Waals surface area contributed by atoms with Crippen LogP contribution in [0.5, 0.6) is 0 Å². The normalized spacial score (nSPS) is 25.3. The quantitative estimate of drug-likeness (QED) is 0.736. The Hall–Kier alpha value is -1.14. The van der Waals surface area contributed by atoms with E-state index in [-0.39, 0.29) is 12.5 Å². The van der Waals surface area contributed by atoms with Gasteiger partial charge in [-0.05, 0) is 25.8 Å². The summed E-state index contributed by atoms with van der Waals surface area (Å²) in [5.74, 6) is -0.591. The fourth-order valence-corrected chi connectivity index (χ4v) is 2.84. The molecule has 0 aromatic heterocycles. The lowest BCUT2D eigenvalue weighted by atomic mass is 10.1. The van der Waals surface area contributed by atoms with Crippen molar-refractivity contribution < 1.29 is 14.7 Å². The van der Waals surface area contributed by atoms with E-state index >= 15 is 0 Å². The van der Waals surface area contributed by atoms with Crippen LogP contribution in [0.25, 0.3) is 0 Å². The highest BCUT2D eigenvalue weighted by Gasteiger charge is 2.24. The molecule has 2 aliphatic rings. The lowest BCUT2D eigenvalue weighted by Crippen LogP contribution is -2.39. The zero-order chi connectivity index (χ0) is 13.7. The molecule has 0 aromatic carbocycles. The maximum atomic E-state index is 12.2. The molecule has 19 heavy (non-hydrogen) atoms. The molecule has 2 aliphatic heterocycles. The van der Waals surface area contributed by atoms with Gasteiger partial charge in [0.15, 0.2) is 0 Å². The van der Waals surface area contributed by atoms with Crippen LogP contribution >= 0.6 is 0 Å². The molecule has 0 spiro atoms. The number of amides is 1. The summed E-state index contributed by atoms with van der Waals surface area (Å²) < 4.78 is 0. The minimum Gasteiger partial charge on any atom is -0.480 e. The van der Waals surface area contributed by atoms with E-state index < -0.39 is 5.97 Å². The van der Waals surface area contributed by atoms with E-state index in [0.29, 0.717) is 25.6 Å². The molecule has 0 aromatic rings. The molecule has 2 saturated heterocycles. The van der Waals surface area contributed by atoms with Gasteiger partial charge in [-0.25, -0.2) is 0 Å². The predicted octanol–water partition coefficient (Wildman–Crippen LogP) is -0.253. The molecule has 2 N–H and O–H groups in total. The third-order valence-electron chi connectivity index (χ3n) is 3.88. The number of carbonyl (C=O) groups is 2. The summed E-state index contributed by atoms with van der Waals surface area (Å²) in [5, 5.41) is 12.1. The number of rotatable bonds is 4. The topological polar surface area (TPSA) is 72.9 Å². The molecule has 0 radical (unpaired) electrons. The van der Waals surface area contributed by atoms with Gasteiger partial charge in [-0.15, -0.1) is 0 Å². The highest BCUT2D eigenvalue weighted by atomic mass is 16.4. The van der Waals surface area contributed by atoms with Gasteiger partial charge in [0, 0.05) is 38.6 Å². The number of hydrogen-bond donors (Lipinski definition) is 2. The first-order chi connectivity index (χ1) is 9.15. The number of nitrogens with zero attached hydrogens (tertiary/aromatic N) is 2. The second-order valence-electron chi connectivity index (χ2n) is 5.40. The van der Waals surface area contributed by atoms with Gasteiger partial charge in [-0.1, -0.05) is 0 Å². The molecular weight excluding hydrogens is 246 g/mol. The Morgan fingerprint density at radius 3 is 2.68 bits per heavy atom. The van der Waals surface area contributed by atoms with E-state index in [1.807, 2.05) is 9.80 Å². The molecule has 2 fully saturated rings. The molecule has 1 unspecified atom stereocenters. The highest BCUT2D eigenvalue weighted by Crippen LogP contribution is 2.12. The lowest BCUT2D eigenvalue weighted by molar-refractivity contribution is -0.138. The molecule has 2 rings (SSSR count). The molecule has 1 atom stereocenters. The van der Waals surface area contributed by atoms with E-state index in [9.17, 15) is 9.59 Å². The second kappa shape index (κ2) is 6.86. The Morgan fingerprint density at radius 2 is 2.00 bits per heavy atom. The van der Waals surface area contributed by atoms with Crippen LogP contribution in [0.2, 0.25) is 0 Å². The molecule has 0 aliphatic carbocycles. The Labute approximate surface area is 113 Å². The average molecular weight is 269 g/mol. The van der Waals surface area contributed by atoms with Gasteiger partial charge in [-0.2, -0.15) is 0 Å². The van der Waals surface area contributed by atoms with Gasteiger partial charge in [0.05, 0.1) is 6.54 Å². The van der Waals surface area contributed by atoms with Gasteiger partial charge in [-0.3, -0.25) is 14.5 Å². The van der Waals surface area contributed by atoms with Crippen molar-refractivity contribution in [1.82, 2.24) is 15.1 Å². The number of aliphatic carboxylic acids is 1. The summed E-state index contributed by atoms with van der Waals surface area (Å²) in [6, 6.07) is 0.339. The van der Waals surface area contributed by atoms with Crippen molar-refractivity contribution in [2.45, 2.75) is 31.7 Å². The van der Waals surface area contributed by atoms with Crippen molar-refractivity contribution in [3.63, 3.8) is 0 Å². The van der Waals surface area contributed by atoms with Gasteiger partial charge < -0.3 is 15.3 Å². The van der Waals surface area contributed by atoms with Crippen LogP contribution in [0.15, 0.2) is 0 Å². The first-order valence-electron chi connectivity index (χ1n) is 7.10. The summed E-state index contributed by atoms with van der Waals surface area (Å²) in [7, 11) is 0. The Balaban J connectivity index is 1.77. The van der Waals surface area contributed by atoms with Crippen LogP contribution in [0.4, 0.5) is 0 Å². The molecule has 108 valence electrons. The molecule has 2 heterocycles. The zero-order valence-corrected chi connectivity index (χ0v) is 11.3. The van der Waals surface area contributed by atoms with Crippen molar-refractivity contribution in [2.24, 2.45) is 0 Å². The average Bonchev–Trinajstić information content (AvgIpc) is 2.74. The summed E-state index contributed by atoms with van der Waals surface area (Å²) in [6.07, 6.45) is 3.69. The number of nitrogens with one attached hydrogen (secondary N) is 1. The number of carbonyl (C=O) groups excluding carboxylic acids is 1. The van der Waals surface area contributed by atoms with Gasteiger partial charge in [0.1, 0.15) is 0 Å². The van der Waals surface area contributed by atoms with E-state index in [0.717, 1.165) is 38.9 Å². The Kier molecular flexibility index (Phi) is 5.15. The van der Waals surface area contributed by atoms with E-state index in [4.69, 9.17) is 5.11 Å². The summed E-state index contributed by atoms with van der Waals surface area (Å²) in [4.78, 5) is 26.7. The molecule has 1 amide bonds.